The fourth-order valence-corrected chi connectivity index (χ4v) is 3.37. The van der Waals surface area contributed by atoms with Gasteiger partial charge in [0.15, 0.2) is 5.13 Å². The second-order valence-corrected chi connectivity index (χ2v) is 7.56. The first-order valence-corrected chi connectivity index (χ1v) is 10.2. The number of rotatable bonds is 7. The van der Waals surface area contributed by atoms with E-state index in [0.29, 0.717) is 27.6 Å². The second-order valence-electron chi connectivity index (χ2n) is 6.70. The van der Waals surface area contributed by atoms with Crippen molar-refractivity contribution >= 4 is 34.1 Å². The molecule has 0 bridgehead atoms. The number of alkyl halides is 2. The lowest BCUT2D eigenvalue weighted by atomic mass is 10.1. The fraction of sp³-hybridized carbons (Fsp3) is 0.190. The fourth-order valence-electron chi connectivity index (χ4n) is 2.67. The Kier molecular flexibility index (Phi) is 7.14. The number of hydrogen-bond acceptors (Lipinski definition) is 5. The summed E-state index contributed by atoms with van der Waals surface area (Å²) in [5, 5.41) is 9.96. The van der Waals surface area contributed by atoms with Crippen LogP contribution >= 0.6 is 11.3 Å². The van der Waals surface area contributed by atoms with E-state index >= 15 is 0 Å². The number of para-hydroxylation sites is 1. The first kappa shape index (κ1) is 22.2. The summed E-state index contributed by atoms with van der Waals surface area (Å²) >= 11 is 1.15. The van der Waals surface area contributed by atoms with Crippen LogP contribution in [-0.2, 0) is 0 Å². The van der Waals surface area contributed by atoms with Gasteiger partial charge in [0, 0.05) is 28.2 Å². The molecule has 3 N–H and O–H groups in total. The van der Waals surface area contributed by atoms with Crippen LogP contribution in [-0.4, -0.2) is 29.6 Å². The number of halogens is 2. The number of carbonyl (C=O) groups is 2. The minimum absolute atomic E-state index is 0.000809. The molecule has 7 nitrogen and oxygen atoms in total. The van der Waals surface area contributed by atoms with Gasteiger partial charge in [-0.1, -0.05) is 18.2 Å². The second kappa shape index (κ2) is 9.98. The Bertz CT molecular complexity index is 1070. The van der Waals surface area contributed by atoms with Crippen molar-refractivity contribution < 1.29 is 23.1 Å². The highest BCUT2D eigenvalue weighted by molar-refractivity contribution is 7.14. The van der Waals surface area contributed by atoms with Gasteiger partial charge in [0.1, 0.15) is 5.75 Å². The minimum atomic E-state index is -2.96. The van der Waals surface area contributed by atoms with Crippen molar-refractivity contribution in [3.05, 3.63) is 59.5 Å². The zero-order valence-corrected chi connectivity index (χ0v) is 17.5. The molecule has 0 aliphatic carbocycles. The first-order chi connectivity index (χ1) is 14.8. The number of carbonyl (C=O) groups excluding carboxylic acids is 2. The summed E-state index contributed by atoms with van der Waals surface area (Å²) < 4.78 is 29.8. The van der Waals surface area contributed by atoms with E-state index in [0.717, 1.165) is 11.3 Å². The molecule has 31 heavy (non-hydrogen) atoms. The topological polar surface area (TPSA) is 92.4 Å². The normalized spacial score (nSPS) is 10.8. The van der Waals surface area contributed by atoms with Crippen LogP contribution in [0.15, 0.2) is 53.9 Å². The molecule has 0 aliphatic heterocycles. The van der Waals surface area contributed by atoms with Crippen LogP contribution in [0.25, 0.3) is 11.3 Å². The van der Waals surface area contributed by atoms with Crippen LogP contribution in [0.1, 0.15) is 24.2 Å². The number of urea groups is 1. The van der Waals surface area contributed by atoms with E-state index in [1.807, 2.05) is 13.8 Å². The molecule has 0 saturated carbocycles. The molecule has 3 rings (SSSR count). The van der Waals surface area contributed by atoms with Crippen molar-refractivity contribution in [3.63, 3.8) is 0 Å². The van der Waals surface area contributed by atoms with Crippen LogP contribution in [0.3, 0.4) is 0 Å². The van der Waals surface area contributed by atoms with E-state index in [-0.39, 0.29) is 17.8 Å². The van der Waals surface area contributed by atoms with Crippen molar-refractivity contribution in [2.45, 2.75) is 26.5 Å². The zero-order valence-electron chi connectivity index (χ0n) is 16.7. The summed E-state index contributed by atoms with van der Waals surface area (Å²) in [7, 11) is 0. The third-order valence-corrected chi connectivity index (χ3v) is 4.66. The van der Waals surface area contributed by atoms with Crippen LogP contribution in [0.4, 0.5) is 24.4 Å². The zero-order chi connectivity index (χ0) is 22.4. The Balaban J connectivity index is 1.71. The van der Waals surface area contributed by atoms with Gasteiger partial charge in [0.25, 0.3) is 5.91 Å². The van der Waals surface area contributed by atoms with E-state index in [4.69, 9.17) is 0 Å². The molecule has 10 heteroatoms. The number of ether oxygens (including phenoxy) is 1. The highest BCUT2D eigenvalue weighted by atomic mass is 32.1. The number of benzene rings is 2. The average molecular weight is 446 g/mol. The minimum Gasteiger partial charge on any atom is -0.434 e. The van der Waals surface area contributed by atoms with Crippen LogP contribution < -0.4 is 20.7 Å². The Hall–Kier alpha value is -3.53. The molecule has 0 unspecified atom stereocenters. The van der Waals surface area contributed by atoms with Crippen molar-refractivity contribution in [1.82, 2.24) is 10.3 Å². The average Bonchev–Trinajstić information content (AvgIpc) is 3.15. The van der Waals surface area contributed by atoms with Crippen molar-refractivity contribution in [3.8, 4) is 17.0 Å². The van der Waals surface area contributed by atoms with Gasteiger partial charge >= 0.3 is 12.6 Å². The van der Waals surface area contributed by atoms with Gasteiger partial charge in [-0.25, -0.2) is 9.78 Å². The van der Waals surface area contributed by atoms with Crippen LogP contribution in [0, 0.1) is 0 Å². The Morgan fingerprint density at radius 3 is 2.58 bits per heavy atom. The summed E-state index contributed by atoms with van der Waals surface area (Å²) in [5.74, 6) is -0.426. The van der Waals surface area contributed by atoms with E-state index in [9.17, 15) is 18.4 Å². The van der Waals surface area contributed by atoms with Crippen molar-refractivity contribution in [1.29, 1.82) is 0 Å². The first-order valence-electron chi connectivity index (χ1n) is 9.30. The molecule has 0 spiro atoms. The van der Waals surface area contributed by atoms with E-state index in [1.165, 1.54) is 12.1 Å². The Morgan fingerprint density at radius 1 is 1.06 bits per heavy atom. The maximum absolute atomic E-state index is 12.6. The largest absolute Gasteiger partial charge is 0.434 e. The number of anilines is 2. The number of thiazole rings is 1. The van der Waals surface area contributed by atoms with Gasteiger partial charge in [-0.3, -0.25) is 10.1 Å². The van der Waals surface area contributed by atoms with Gasteiger partial charge < -0.3 is 15.4 Å². The van der Waals surface area contributed by atoms with Crippen LogP contribution in [0.2, 0.25) is 0 Å². The quantitative estimate of drug-likeness (QED) is 0.466. The summed E-state index contributed by atoms with van der Waals surface area (Å²) in [5.41, 5.74) is 1.57. The molecule has 3 amide bonds. The predicted molar refractivity (Wildman–Crippen MR) is 116 cm³/mol. The summed E-state index contributed by atoms with van der Waals surface area (Å²) in [4.78, 5) is 28.7. The molecule has 0 saturated heterocycles. The van der Waals surface area contributed by atoms with Crippen molar-refractivity contribution in [2.75, 3.05) is 10.6 Å². The lowest BCUT2D eigenvalue weighted by Crippen LogP contribution is -2.34. The summed E-state index contributed by atoms with van der Waals surface area (Å²) in [6.45, 7) is 0.718. The monoisotopic (exact) mass is 446 g/mol. The van der Waals surface area contributed by atoms with Crippen molar-refractivity contribution in [2.24, 2.45) is 0 Å². The maximum atomic E-state index is 12.6. The van der Waals surface area contributed by atoms with Gasteiger partial charge in [0.2, 0.25) is 0 Å². The van der Waals surface area contributed by atoms with Gasteiger partial charge in [-0.15, -0.1) is 11.3 Å². The highest BCUT2D eigenvalue weighted by Gasteiger charge is 2.15. The molecule has 2 aromatic carbocycles. The van der Waals surface area contributed by atoms with Crippen LogP contribution in [0.5, 0.6) is 5.75 Å². The molecular formula is C21H20F2N4O3S. The number of aromatic nitrogens is 1. The maximum Gasteiger partial charge on any atom is 0.387 e. The Labute approximate surface area is 181 Å². The third kappa shape index (κ3) is 6.22. The number of hydrogen-bond donors (Lipinski definition) is 3. The standard InChI is InChI=1S/C21H20F2N4O3S/c1-12(2)24-20(29)25-14-7-5-6-13(10-14)18(28)27-21-26-16(11-31-21)15-8-3-4-9-17(15)30-19(22)23/h3-12,19H,1-2H3,(H2,24,25,29)(H,26,27,28). The number of amides is 3. The molecule has 0 atom stereocenters. The van der Waals surface area contributed by atoms with Gasteiger partial charge in [0.05, 0.1) is 5.69 Å². The number of nitrogens with one attached hydrogen (secondary N) is 3. The lowest BCUT2D eigenvalue weighted by Gasteiger charge is -2.11. The molecule has 162 valence electrons. The smallest absolute Gasteiger partial charge is 0.387 e. The van der Waals surface area contributed by atoms with E-state index in [2.05, 4.69) is 25.7 Å². The lowest BCUT2D eigenvalue weighted by molar-refractivity contribution is -0.0494. The molecule has 1 heterocycles. The molecule has 0 fully saturated rings. The highest BCUT2D eigenvalue weighted by Crippen LogP contribution is 2.33. The molecular weight excluding hydrogens is 426 g/mol. The molecule has 3 aromatic rings. The SMILES string of the molecule is CC(C)NC(=O)Nc1cccc(C(=O)Nc2nc(-c3ccccc3OC(F)F)cs2)c1. The van der Waals surface area contributed by atoms with Gasteiger partial charge in [-0.05, 0) is 44.2 Å². The molecule has 1 aromatic heterocycles. The summed E-state index contributed by atoms with van der Waals surface area (Å²) in [6.07, 6.45) is 0. The van der Waals surface area contributed by atoms with E-state index < -0.39 is 12.5 Å². The predicted octanol–water partition coefficient (Wildman–Crippen LogP) is 5.19. The summed E-state index contributed by atoms with van der Waals surface area (Å²) in [6, 6.07) is 12.3. The third-order valence-electron chi connectivity index (χ3n) is 3.91. The molecule has 0 aliphatic rings. The Morgan fingerprint density at radius 2 is 1.84 bits per heavy atom. The molecule has 0 radical (unpaired) electrons. The number of nitrogens with zero attached hydrogens (tertiary/aromatic N) is 1. The van der Waals surface area contributed by atoms with E-state index in [1.54, 1.807) is 41.8 Å². The van der Waals surface area contributed by atoms with Gasteiger partial charge in [-0.2, -0.15) is 8.78 Å².